The third-order valence-corrected chi connectivity index (χ3v) is 1.17. The van der Waals surface area contributed by atoms with E-state index < -0.39 is 0 Å². The molecule has 0 aromatic heterocycles. The predicted molar refractivity (Wildman–Crippen MR) is 32.3 cm³/mol. The van der Waals surface area contributed by atoms with Crippen LogP contribution in [0.5, 0.6) is 0 Å². The van der Waals surface area contributed by atoms with Gasteiger partial charge in [-0.1, -0.05) is 11.8 Å². The van der Waals surface area contributed by atoms with E-state index in [-0.39, 0.29) is 5.91 Å². The molecule has 2 radical (unpaired) electrons. The molecule has 1 heterocycles. The number of rotatable bonds is 0. The van der Waals surface area contributed by atoms with Gasteiger partial charge in [0.2, 0.25) is 5.91 Å². The Morgan fingerprint density at radius 2 is 2.88 bits per heavy atom. The molecule has 3 nitrogen and oxygen atoms in total. The Kier molecular flexibility index (Phi) is 1.91. The Hall–Kier alpha value is -0.510. The summed E-state index contributed by atoms with van der Waals surface area (Å²) in [6.45, 7) is 0.374. The predicted octanol–water partition coefficient (Wildman–Crippen LogP) is -0.126. The number of hydrogen-bond donors (Lipinski definition) is 1. The lowest BCUT2D eigenvalue weighted by molar-refractivity contribution is -0.116. The van der Waals surface area contributed by atoms with Crippen molar-refractivity contribution in [2.24, 2.45) is 4.99 Å². The van der Waals surface area contributed by atoms with Gasteiger partial charge < -0.3 is 5.32 Å². The minimum atomic E-state index is -0.187. The number of nitrogens with one attached hydrogen (secondary N) is 1. The fraction of sp³-hybridized carbons (Fsp3) is 0.250. The standard InChI is InChI=1S/C4H4N2OS/c7-4-1-8-3-5-2-6-4/h3H,2H2,(H,6,7). The normalized spacial score (nSPS) is 19.8. The van der Waals surface area contributed by atoms with E-state index >= 15 is 0 Å². The van der Waals surface area contributed by atoms with Crippen molar-refractivity contribution < 1.29 is 4.79 Å². The van der Waals surface area contributed by atoms with Gasteiger partial charge in [-0.3, -0.25) is 9.79 Å². The van der Waals surface area contributed by atoms with Crippen molar-refractivity contribution in [2.75, 3.05) is 6.67 Å². The summed E-state index contributed by atoms with van der Waals surface area (Å²) in [6, 6.07) is 0. The van der Waals surface area contributed by atoms with Gasteiger partial charge in [0.15, 0.2) is 5.75 Å². The molecule has 0 unspecified atom stereocenters. The summed E-state index contributed by atoms with van der Waals surface area (Å²) in [5.41, 5.74) is 1.58. The zero-order valence-corrected chi connectivity index (χ0v) is 4.86. The van der Waals surface area contributed by atoms with E-state index in [1.807, 2.05) is 0 Å². The third kappa shape index (κ3) is 1.54. The summed E-state index contributed by atoms with van der Waals surface area (Å²) in [4.78, 5) is 14.1. The molecule has 8 heavy (non-hydrogen) atoms. The smallest absolute Gasteiger partial charge is 0.242 e. The molecular formula is C4H4N2OS. The van der Waals surface area contributed by atoms with Crippen molar-refractivity contribution in [3.05, 3.63) is 5.75 Å². The Morgan fingerprint density at radius 1 is 2.00 bits per heavy atom. The molecule has 1 aliphatic heterocycles. The first-order valence-electron chi connectivity index (χ1n) is 2.07. The number of nitrogens with zero attached hydrogens (tertiary/aromatic N) is 1. The Bertz CT molecular complexity index is 111. The van der Waals surface area contributed by atoms with Gasteiger partial charge in [-0.25, -0.2) is 0 Å². The average molecular weight is 128 g/mol. The lowest BCUT2D eigenvalue weighted by Crippen LogP contribution is -2.20. The summed E-state index contributed by atoms with van der Waals surface area (Å²) >= 11 is 1.17. The van der Waals surface area contributed by atoms with Crippen LogP contribution in [0, 0.1) is 5.75 Å². The second-order valence-electron chi connectivity index (χ2n) is 1.17. The van der Waals surface area contributed by atoms with Crippen molar-refractivity contribution in [1.29, 1.82) is 0 Å². The number of hydrogen-bond acceptors (Lipinski definition) is 3. The van der Waals surface area contributed by atoms with Crippen molar-refractivity contribution in [3.63, 3.8) is 0 Å². The van der Waals surface area contributed by atoms with Crippen molar-refractivity contribution in [2.45, 2.75) is 0 Å². The van der Waals surface area contributed by atoms with Crippen LogP contribution in [0.3, 0.4) is 0 Å². The molecule has 1 aliphatic rings. The fourth-order valence-electron chi connectivity index (χ4n) is 0.308. The summed E-state index contributed by atoms with van der Waals surface area (Å²) in [5, 5.41) is 2.48. The zero-order valence-electron chi connectivity index (χ0n) is 4.05. The van der Waals surface area contributed by atoms with Crippen LogP contribution in [0.2, 0.25) is 0 Å². The minimum Gasteiger partial charge on any atom is -0.336 e. The van der Waals surface area contributed by atoms with E-state index in [0.717, 1.165) is 0 Å². The van der Waals surface area contributed by atoms with E-state index in [1.54, 1.807) is 5.55 Å². The summed E-state index contributed by atoms with van der Waals surface area (Å²) < 4.78 is 0. The van der Waals surface area contributed by atoms with Crippen LogP contribution in [0.4, 0.5) is 0 Å². The number of carbonyl (C=O) groups excluding carboxylic acids is 1. The summed E-state index contributed by atoms with van der Waals surface area (Å²) in [6.07, 6.45) is 0. The Labute approximate surface area is 51.6 Å². The monoisotopic (exact) mass is 128 g/mol. The average Bonchev–Trinajstić information content (AvgIpc) is 1.94. The first-order valence-corrected chi connectivity index (χ1v) is 2.95. The van der Waals surface area contributed by atoms with Gasteiger partial charge in [0.1, 0.15) is 6.67 Å². The van der Waals surface area contributed by atoms with Crippen molar-refractivity contribution in [3.8, 4) is 0 Å². The van der Waals surface area contributed by atoms with E-state index in [9.17, 15) is 4.79 Å². The molecule has 0 aromatic rings. The van der Waals surface area contributed by atoms with Crippen LogP contribution in [0.1, 0.15) is 0 Å². The molecule has 1 amide bonds. The number of carbonyl (C=O) groups is 1. The van der Waals surface area contributed by atoms with Gasteiger partial charge in [0.25, 0.3) is 0 Å². The topological polar surface area (TPSA) is 41.5 Å². The molecule has 1 rings (SSSR count). The maximum Gasteiger partial charge on any atom is 0.242 e. The molecule has 0 saturated heterocycles. The highest BCUT2D eigenvalue weighted by Gasteiger charge is 2.01. The van der Waals surface area contributed by atoms with Crippen LogP contribution in [0.15, 0.2) is 4.99 Å². The Morgan fingerprint density at radius 3 is 3.75 bits per heavy atom. The second-order valence-corrected chi connectivity index (χ2v) is 1.82. The van der Waals surface area contributed by atoms with E-state index in [4.69, 9.17) is 0 Å². The van der Waals surface area contributed by atoms with Gasteiger partial charge in [-0.05, 0) is 0 Å². The maximum atomic E-state index is 10.4. The van der Waals surface area contributed by atoms with Crippen LogP contribution in [-0.2, 0) is 4.79 Å². The van der Waals surface area contributed by atoms with Crippen molar-refractivity contribution in [1.82, 2.24) is 5.32 Å². The van der Waals surface area contributed by atoms with Gasteiger partial charge >= 0.3 is 0 Å². The molecule has 1 N–H and O–H groups in total. The largest absolute Gasteiger partial charge is 0.336 e. The highest BCUT2D eigenvalue weighted by Crippen LogP contribution is 2.01. The fourth-order valence-corrected chi connectivity index (χ4v) is 0.689. The van der Waals surface area contributed by atoms with Gasteiger partial charge in [0, 0.05) is 0 Å². The number of thioether (sulfide) groups is 1. The summed E-state index contributed by atoms with van der Waals surface area (Å²) in [5.74, 6) is 2.27. The van der Waals surface area contributed by atoms with Crippen LogP contribution in [0.25, 0.3) is 0 Å². The molecule has 0 aliphatic carbocycles. The molecule has 0 aromatic carbocycles. The van der Waals surface area contributed by atoms with Gasteiger partial charge in [-0.2, -0.15) is 0 Å². The molecule has 42 valence electrons. The first kappa shape index (κ1) is 5.62. The molecular weight excluding hydrogens is 124 g/mol. The molecule has 0 saturated carbocycles. The van der Waals surface area contributed by atoms with Gasteiger partial charge in [-0.15, -0.1) is 0 Å². The van der Waals surface area contributed by atoms with Crippen LogP contribution in [-0.4, -0.2) is 18.1 Å². The van der Waals surface area contributed by atoms with E-state index in [0.29, 0.717) is 6.67 Å². The quantitative estimate of drug-likeness (QED) is 0.494. The van der Waals surface area contributed by atoms with Crippen LogP contribution < -0.4 is 5.32 Å². The molecule has 4 heteroatoms. The molecule has 0 bridgehead atoms. The maximum absolute atomic E-state index is 10.4. The Balaban J connectivity index is 2.39. The first-order chi connectivity index (χ1) is 3.89. The molecule has 0 fully saturated rings. The van der Waals surface area contributed by atoms with E-state index in [2.05, 4.69) is 16.1 Å². The van der Waals surface area contributed by atoms with Crippen LogP contribution >= 0.6 is 11.8 Å². The lowest BCUT2D eigenvalue weighted by atomic mass is 10.7. The highest BCUT2D eigenvalue weighted by atomic mass is 32.2. The SMILES string of the molecule is O=C1[C]SC=NCN1. The minimum absolute atomic E-state index is 0.187. The zero-order chi connectivity index (χ0) is 5.82. The highest BCUT2D eigenvalue weighted by molar-refractivity contribution is 8.14. The van der Waals surface area contributed by atoms with Crippen molar-refractivity contribution >= 4 is 23.2 Å². The lowest BCUT2D eigenvalue weighted by Gasteiger charge is -1.90. The number of amides is 1. The third-order valence-electron chi connectivity index (χ3n) is 0.610. The number of aliphatic imine (C=N–C) groups is 1. The van der Waals surface area contributed by atoms with Gasteiger partial charge in [0.05, 0.1) is 5.55 Å². The van der Waals surface area contributed by atoms with E-state index in [1.165, 1.54) is 11.8 Å². The summed E-state index contributed by atoms with van der Waals surface area (Å²) in [7, 11) is 0. The second kappa shape index (κ2) is 2.71. The molecule has 0 atom stereocenters. The molecule has 0 spiro atoms.